The second-order valence-electron chi connectivity index (χ2n) is 5.41. The lowest BCUT2D eigenvalue weighted by atomic mass is 10.1. The first kappa shape index (κ1) is 16.1. The molecule has 7 nitrogen and oxygen atoms in total. The Labute approximate surface area is 138 Å². The van der Waals surface area contributed by atoms with E-state index in [-0.39, 0.29) is 10.5 Å². The molecule has 0 aliphatic carbocycles. The minimum atomic E-state index is -3.86. The van der Waals surface area contributed by atoms with Crippen LogP contribution in [0.1, 0.15) is 11.1 Å². The van der Waals surface area contributed by atoms with E-state index in [0.29, 0.717) is 17.0 Å². The number of hydrogen-bond donors (Lipinski definition) is 2. The van der Waals surface area contributed by atoms with Crippen LogP contribution in [-0.2, 0) is 10.0 Å². The molecule has 0 radical (unpaired) electrons. The van der Waals surface area contributed by atoms with Gasteiger partial charge in [0.25, 0.3) is 10.0 Å². The van der Waals surface area contributed by atoms with Crippen molar-refractivity contribution >= 4 is 26.8 Å². The number of aryl methyl sites for hydroxylation is 2. The Balaban J connectivity index is 2.04. The molecule has 0 fully saturated rings. The summed E-state index contributed by atoms with van der Waals surface area (Å²) in [5.74, 6) is -0.209. The minimum Gasteiger partial charge on any atom is -0.495 e. The summed E-state index contributed by atoms with van der Waals surface area (Å²) in [5.41, 5.74) is 2.87. The zero-order valence-corrected chi connectivity index (χ0v) is 14.2. The van der Waals surface area contributed by atoms with Crippen molar-refractivity contribution in [3.8, 4) is 5.75 Å². The van der Waals surface area contributed by atoms with Crippen LogP contribution in [0, 0.1) is 13.8 Å². The molecule has 2 aromatic carbocycles. The highest BCUT2D eigenvalue weighted by Crippen LogP contribution is 2.30. The van der Waals surface area contributed by atoms with Crippen molar-refractivity contribution in [3.63, 3.8) is 0 Å². The summed E-state index contributed by atoms with van der Waals surface area (Å²) < 4.78 is 37.9. The standard InChI is InChI=1S/C16H16N2O5S/c1-9-6-13(14(22-3)7-10(9)2)18-24(20,21)11-4-5-12-15(8-11)23-16(19)17-12/h4-8,18H,1-3H3,(H,17,19). The minimum absolute atomic E-state index is 0.0157. The molecule has 0 saturated carbocycles. The van der Waals surface area contributed by atoms with Crippen LogP contribution in [0.3, 0.4) is 0 Å². The SMILES string of the molecule is COc1cc(C)c(C)cc1NS(=O)(=O)c1ccc2[nH]c(=O)oc2c1. The Bertz CT molecular complexity index is 1080. The van der Waals surface area contributed by atoms with Crippen molar-refractivity contribution in [1.82, 2.24) is 4.98 Å². The van der Waals surface area contributed by atoms with Gasteiger partial charge in [-0.1, -0.05) is 0 Å². The molecule has 0 saturated heterocycles. The molecule has 0 spiro atoms. The fourth-order valence-electron chi connectivity index (χ4n) is 2.33. The van der Waals surface area contributed by atoms with Gasteiger partial charge in [-0.25, -0.2) is 13.2 Å². The number of aromatic amines is 1. The molecule has 0 bridgehead atoms. The molecule has 1 heterocycles. The summed E-state index contributed by atoms with van der Waals surface area (Å²) in [6.07, 6.45) is 0. The first-order chi connectivity index (χ1) is 11.3. The molecule has 2 N–H and O–H groups in total. The number of anilines is 1. The molecule has 0 aliphatic rings. The summed E-state index contributed by atoms with van der Waals surface area (Å²) >= 11 is 0. The van der Waals surface area contributed by atoms with E-state index in [9.17, 15) is 13.2 Å². The van der Waals surface area contributed by atoms with E-state index in [1.165, 1.54) is 25.3 Å². The Morgan fingerprint density at radius 2 is 1.83 bits per heavy atom. The van der Waals surface area contributed by atoms with Gasteiger partial charge in [-0.05, 0) is 49.2 Å². The lowest BCUT2D eigenvalue weighted by Gasteiger charge is -2.14. The van der Waals surface area contributed by atoms with Gasteiger partial charge in [-0.2, -0.15) is 0 Å². The van der Waals surface area contributed by atoms with Crippen molar-refractivity contribution in [2.75, 3.05) is 11.8 Å². The average Bonchev–Trinajstić information content (AvgIpc) is 2.89. The Kier molecular flexibility index (Phi) is 3.84. The first-order valence-electron chi connectivity index (χ1n) is 7.11. The molecule has 126 valence electrons. The van der Waals surface area contributed by atoms with Crippen LogP contribution in [0.25, 0.3) is 11.1 Å². The molecular weight excluding hydrogens is 332 g/mol. The van der Waals surface area contributed by atoms with Gasteiger partial charge in [-0.15, -0.1) is 0 Å². The lowest BCUT2D eigenvalue weighted by Crippen LogP contribution is -2.14. The Morgan fingerprint density at radius 1 is 1.12 bits per heavy atom. The van der Waals surface area contributed by atoms with Crippen LogP contribution < -0.4 is 15.2 Å². The number of oxazole rings is 1. The number of methoxy groups -OCH3 is 1. The molecule has 1 aromatic heterocycles. The summed E-state index contributed by atoms with van der Waals surface area (Å²) in [6, 6.07) is 7.64. The van der Waals surface area contributed by atoms with Crippen LogP contribution in [0.15, 0.2) is 44.4 Å². The van der Waals surface area contributed by atoms with Crippen molar-refractivity contribution in [2.45, 2.75) is 18.7 Å². The predicted molar refractivity (Wildman–Crippen MR) is 90.1 cm³/mol. The number of nitrogens with one attached hydrogen (secondary N) is 2. The van der Waals surface area contributed by atoms with Crippen LogP contribution >= 0.6 is 0 Å². The number of H-pyrrole nitrogens is 1. The van der Waals surface area contributed by atoms with E-state index in [2.05, 4.69) is 9.71 Å². The molecule has 0 amide bonds. The third-order valence-corrected chi connectivity index (χ3v) is 5.13. The normalized spacial score (nSPS) is 11.6. The lowest BCUT2D eigenvalue weighted by molar-refractivity contribution is 0.416. The maximum Gasteiger partial charge on any atom is 0.417 e. The quantitative estimate of drug-likeness (QED) is 0.754. The van der Waals surface area contributed by atoms with Crippen LogP contribution in [0.2, 0.25) is 0 Å². The van der Waals surface area contributed by atoms with Gasteiger partial charge in [0.05, 0.1) is 23.2 Å². The highest BCUT2D eigenvalue weighted by Gasteiger charge is 2.18. The fraction of sp³-hybridized carbons (Fsp3) is 0.188. The van der Waals surface area contributed by atoms with E-state index in [0.717, 1.165) is 11.1 Å². The molecule has 0 aliphatic heterocycles. The second-order valence-corrected chi connectivity index (χ2v) is 7.10. The number of sulfonamides is 1. The number of hydrogen-bond acceptors (Lipinski definition) is 5. The maximum absolute atomic E-state index is 12.6. The highest BCUT2D eigenvalue weighted by atomic mass is 32.2. The van der Waals surface area contributed by atoms with E-state index in [1.807, 2.05) is 13.8 Å². The molecule has 0 unspecified atom stereocenters. The zero-order chi connectivity index (χ0) is 17.5. The molecule has 3 rings (SSSR count). The van der Waals surface area contributed by atoms with Gasteiger partial charge < -0.3 is 9.15 Å². The van der Waals surface area contributed by atoms with Gasteiger partial charge >= 0.3 is 5.76 Å². The smallest absolute Gasteiger partial charge is 0.417 e. The van der Waals surface area contributed by atoms with Crippen LogP contribution in [-0.4, -0.2) is 20.5 Å². The maximum atomic E-state index is 12.6. The van der Waals surface area contributed by atoms with Crippen LogP contribution in [0.5, 0.6) is 5.75 Å². The van der Waals surface area contributed by atoms with Gasteiger partial charge in [0.15, 0.2) is 5.58 Å². The third-order valence-electron chi connectivity index (χ3n) is 3.76. The molecular formula is C16H16N2O5S. The van der Waals surface area contributed by atoms with Gasteiger partial charge in [0.1, 0.15) is 5.75 Å². The third kappa shape index (κ3) is 2.88. The monoisotopic (exact) mass is 348 g/mol. The van der Waals surface area contributed by atoms with Crippen molar-refractivity contribution in [2.24, 2.45) is 0 Å². The summed E-state index contributed by atoms with van der Waals surface area (Å²) in [4.78, 5) is 13.6. The summed E-state index contributed by atoms with van der Waals surface area (Å²) in [6.45, 7) is 3.80. The summed E-state index contributed by atoms with van der Waals surface area (Å²) in [7, 11) is -2.39. The van der Waals surface area contributed by atoms with Crippen molar-refractivity contribution in [1.29, 1.82) is 0 Å². The average molecular weight is 348 g/mol. The first-order valence-corrected chi connectivity index (χ1v) is 8.59. The Hall–Kier alpha value is -2.74. The number of rotatable bonds is 4. The van der Waals surface area contributed by atoms with E-state index in [4.69, 9.17) is 9.15 Å². The fourth-order valence-corrected chi connectivity index (χ4v) is 3.41. The van der Waals surface area contributed by atoms with Gasteiger partial charge in [-0.3, -0.25) is 9.71 Å². The number of ether oxygens (including phenoxy) is 1. The van der Waals surface area contributed by atoms with Gasteiger partial charge in [0.2, 0.25) is 0 Å². The largest absolute Gasteiger partial charge is 0.495 e. The topological polar surface area (TPSA) is 101 Å². The highest BCUT2D eigenvalue weighted by molar-refractivity contribution is 7.92. The van der Waals surface area contributed by atoms with E-state index >= 15 is 0 Å². The van der Waals surface area contributed by atoms with Crippen LogP contribution in [0.4, 0.5) is 5.69 Å². The summed E-state index contributed by atoms with van der Waals surface area (Å²) in [5, 5.41) is 0. The number of fused-ring (bicyclic) bond motifs is 1. The predicted octanol–water partition coefficient (Wildman–Crippen LogP) is 2.55. The van der Waals surface area contributed by atoms with Crippen molar-refractivity contribution < 1.29 is 17.6 Å². The molecule has 3 aromatic rings. The molecule has 24 heavy (non-hydrogen) atoms. The van der Waals surface area contributed by atoms with Crippen molar-refractivity contribution in [3.05, 3.63) is 52.0 Å². The Morgan fingerprint density at radius 3 is 2.54 bits per heavy atom. The van der Waals surface area contributed by atoms with E-state index in [1.54, 1.807) is 12.1 Å². The number of aromatic nitrogens is 1. The second kappa shape index (κ2) is 5.72. The molecule has 8 heteroatoms. The zero-order valence-electron chi connectivity index (χ0n) is 13.3. The molecule has 0 atom stereocenters. The van der Waals surface area contributed by atoms with Gasteiger partial charge in [0, 0.05) is 6.07 Å². The van der Waals surface area contributed by atoms with E-state index < -0.39 is 15.8 Å². The number of benzene rings is 2.